The Morgan fingerprint density at radius 2 is 1.50 bits per heavy atom. The van der Waals surface area contributed by atoms with Crippen molar-refractivity contribution in [3.63, 3.8) is 0 Å². The Bertz CT molecular complexity index is 478. The topological polar surface area (TPSA) is 15.3 Å². The van der Waals surface area contributed by atoms with Gasteiger partial charge in [0.1, 0.15) is 0 Å². The first-order valence-electron chi connectivity index (χ1n) is 7.79. The minimum atomic E-state index is -4.15. The third-order valence-corrected chi connectivity index (χ3v) is 4.18. The third kappa shape index (κ3) is 6.79. The second kappa shape index (κ2) is 9.27. The van der Waals surface area contributed by atoms with Gasteiger partial charge in [0.25, 0.3) is 0 Å². The van der Waals surface area contributed by atoms with Gasteiger partial charge in [-0.1, -0.05) is 45.0 Å². The summed E-state index contributed by atoms with van der Waals surface area (Å²) < 4.78 is 38.9. The van der Waals surface area contributed by atoms with Crippen LogP contribution in [0, 0.1) is 0 Å². The summed E-state index contributed by atoms with van der Waals surface area (Å²) in [6.07, 6.45) is -4.94. The molecule has 0 aromatic heterocycles. The minimum absolute atomic E-state index is 0. The summed E-state index contributed by atoms with van der Waals surface area (Å²) in [7, 11) is 0. The Morgan fingerprint density at radius 1 is 1.00 bits per heavy atom. The summed E-state index contributed by atoms with van der Waals surface area (Å²) in [4.78, 5) is 1.94. The predicted molar refractivity (Wildman–Crippen MR) is 97.5 cm³/mol. The largest absolute Gasteiger partial charge is 0.390 e. The van der Waals surface area contributed by atoms with Crippen LogP contribution >= 0.6 is 24.8 Å². The molecule has 1 fully saturated rings. The number of nitrogens with zero attached hydrogens (tertiary/aromatic N) is 1. The molecule has 0 saturated carbocycles. The van der Waals surface area contributed by atoms with E-state index in [1.165, 1.54) is 0 Å². The minimum Gasteiger partial charge on any atom is -0.314 e. The molecular formula is C17H27Cl2F3N2. The van der Waals surface area contributed by atoms with Gasteiger partial charge in [-0.15, -0.1) is 24.8 Å². The molecule has 1 aromatic carbocycles. The molecule has 1 aliphatic heterocycles. The first-order valence-corrected chi connectivity index (χ1v) is 7.79. The van der Waals surface area contributed by atoms with Crippen molar-refractivity contribution in [3.05, 3.63) is 35.4 Å². The fraction of sp³-hybridized carbons (Fsp3) is 0.647. The van der Waals surface area contributed by atoms with Gasteiger partial charge in [-0.2, -0.15) is 13.2 Å². The van der Waals surface area contributed by atoms with E-state index in [-0.39, 0.29) is 30.2 Å². The van der Waals surface area contributed by atoms with E-state index in [1.807, 2.05) is 29.2 Å². The van der Waals surface area contributed by atoms with E-state index in [0.29, 0.717) is 13.1 Å². The van der Waals surface area contributed by atoms with Gasteiger partial charge >= 0.3 is 6.18 Å². The number of halogens is 5. The highest BCUT2D eigenvalue weighted by atomic mass is 35.5. The van der Waals surface area contributed by atoms with Gasteiger partial charge in [-0.25, -0.2) is 0 Å². The van der Waals surface area contributed by atoms with Crippen LogP contribution in [0.25, 0.3) is 0 Å². The van der Waals surface area contributed by atoms with E-state index in [0.717, 1.165) is 24.2 Å². The Kier molecular flexibility index (Phi) is 9.09. The summed E-state index contributed by atoms with van der Waals surface area (Å²) in [5, 5.41) is 3.19. The first-order chi connectivity index (χ1) is 10.2. The summed E-state index contributed by atoms with van der Waals surface area (Å²) in [6.45, 7) is 9.11. The van der Waals surface area contributed by atoms with Gasteiger partial charge in [0, 0.05) is 32.2 Å². The molecule has 1 saturated heterocycles. The second-order valence-electron chi connectivity index (χ2n) is 6.99. The zero-order valence-corrected chi connectivity index (χ0v) is 16.0. The molecule has 1 N–H and O–H groups in total. The summed E-state index contributed by atoms with van der Waals surface area (Å²) >= 11 is 0. The number of rotatable bonds is 3. The molecule has 0 bridgehead atoms. The fourth-order valence-corrected chi connectivity index (χ4v) is 2.88. The SMILES string of the molecule is CC(C)(C)c1ccc([C@@H](CC(F)(F)F)N2CCNCC2)cc1.Cl.Cl. The fourth-order valence-electron chi connectivity index (χ4n) is 2.88. The van der Waals surface area contributed by atoms with Gasteiger partial charge in [0.2, 0.25) is 0 Å². The maximum absolute atomic E-state index is 13.0. The number of alkyl halides is 3. The van der Waals surface area contributed by atoms with Crippen molar-refractivity contribution in [1.29, 1.82) is 0 Å². The van der Waals surface area contributed by atoms with Crippen LogP contribution in [0.4, 0.5) is 13.2 Å². The third-order valence-electron chi connectivity index (χ3n) is 4.18. The molecule has 0 unspecified atom stereocenters. The van der Waals surface area contributed by atoms with Crippen molar-refractivity contribution < 1.29 is 13.2 Å². The van der Waals surface area contributed by atoms with Gasteiger partial charge in [0.15, 0.2) is 0 Å². The Morgan fingerprint density at radius 3 is 1.92 bits per heavy atom. The molecule has 0 spiro atoms. The van der Waals surface area contributed by atoms with Crippen LogP contribution in [0.3, 0.4) is 0 Å². The Hall–Kier alpha value is -0.490. The molecule has 7 heteroatoms. The molecule has 1 aromatic rings. The van der Waals surface area contributed by atoms with Crippen molar-refractivity contribution in [2.24, 2.45) is 0 Å². The Labute approximate surface area is 155 Å². The van der Waals surface area contributed by atoms with E-state index >= 15 is 0 Å². The molecule has 0 amide bonds. The Balaban J connectivity index is 0.00000264. The van der Waals surface area contributed by atoms with E-state index in [4.69, 9.17) is 0 Å². The average Bonchev–Trinajstić information content (AvgIpc) is 2.44. The van der Waals surface area contributed by atoms with Crippen LogP contribution in [0.1, 0.15) is 44.4 Å². The second-order valence-corrected chi connectivity index (χ2v) is 6.99. The highest BCUT2D eigenvalue weighted by Crippen LogP contribution is 2.34. The highest BCUT2D eigenvalue weighted by molar-refractivity contribution is 5.85. The lowest BCUT2D eigenvalue weighted by molar-refractivity contribution is -0.148. The lowest BCUT2D eigenvalue weighted by Crippen LogP contribution is -2.46. The van der Waals surface area contributed by atoms with Crippen molar-refractivity contribution in [2.75, 3.05) is 26.2 Å². The number of benzene rings is 1. The zero-order chi connectivity index (χ0) is 16.4. The molecule has 140 valence electrons. The lowest BCUT2D eigenvalue weighted by atomic mass is 9.86. The zero-order valence-electron chi connectivity index (χ0n) is 14.3. The van der Waals surface area contributed by atoms with Crippen molar-refractivity contribution in [3.8, 4) is 0 Å². The number of piperazine rings is 1. The van der Waals surface area contributed by atoms with Gasteiger partial charge < -0.3 is 5.32 Å². The molecule has 1 aliphatic rings. The monoisotopic (exact) mass is 386 g/mol. The quantitative estimate of drug-likeness (QED) is 0.807. The maximum atomic E-state index is 13.0. The molecule has 0 aliphatic carbocycles. The van der Waals surface area contributed by atoms with Crippen molar-refractivity contribution in [1.82, 2.24) is 10.2 Å². The molecule has 1 atom stereocenters. The number of hydrogen-bond acceptors (Lipinski definition) is 2. The molecule has 24 heavy (non-hydrogen) atoms. The summed E-state index contributed by atoms with van der Waals surface area (Å²) in [6, 6.07) is 7.05. The van der Waals surface area contributed by atoms with E-state index in [9.17, 15) is 13.2 Å². The van der Waals surface area contributed by atoms with Crippen LogP contribution in [0.15, 0.2) is 24.3 Å². The number of hydrogen-bond donors (Lipinski definition) is 1. The van der Waals surface area contributed by atoms with Crippen LogP contribution in [-0.2, 0) is 5.41 Å². The average molecular weight is 387 g/mol. The van der Waals surface area contributed by atoms with E-state index in [1.54, 1.807) is 0 Å². The summed E-state index contributed by atoms with van der Waals surface area (Å²) in [5.41, 5.74) is 1.90. The van der Waals surface area contributed by atoms with Gasteiger partial charge in [-0.05, 0) is 16.5 Å². The lowest BCUT2D eigenvalue weighted by Gasteiger charge is -2.36. The number of nitrogens with one attached hydrogen (secondary N) is 1. The van der Waals surface area contributed by atoms with Crippen LogP contribution in [0.2, 0.25) is 0 Å². The maximum Gasteiger partial charge on any atom is 0.390 e. The van der Waals surface area contributed by atoms with Crippen molar-refractivity contribution in [2.45, 2.75) is 44.8 Å². The van der Waals surface area contributed by atoms with Gasteiger partial charge in [0.05, 0.1) is 6.42 Å². The van der Waals surface area contributed by atoms with Crippen LogP contribution in [0.5, 0.6) is 0 Å². The van der Waals surface area contributed by atoms with E-state index in [2.05, 4.69) is 26.1 Å². The van der Waals surface area contributed by atoms with Crippen LogP contribution in [-0.4, -0.2) is 37.3 Å². The molecule has 2 rings (SSSR count). The predicted octanol–water partition coefficient (Wildman–Crippen LogP) is 4.73. The van der Waals surface area contributed by atoms with Gasteiger partial charge in [-0.3, -0.25) is 4.90 Å². The first kappa shape index (κ1) is 23.5. The standard InChI is InChI=1S/C17H25F3N2.2ClH/c1-16(2,3)14-6-4-13(5-7-14)15(12-17(18,19)20)22-10-8-21-9-11-22;;/h4-7,15,21H,8-12H2,1-3H3;2*1H/t15-;;/m1../s1. The van der Waals surface area contributed by atoms with Crippen LogP contribution < -0.4 is 5.32 Å². The smallest absolute Gasteiger partial charge is 0.314 e. The van der Waals surface area contributed by atoms with Crippen molar-refractivity contribution >= 4 is 24.8 Å². The normalized spacial score (nSPS) is 17.6. The molecule has 1 heterocycles. The summed E-state index contributed by atoms with van der Waals surface area (Å²) in [5.74, 6) is 0. The van der Waals surface area contributed by atoms with E-state index < -0.39 is 18.6 Å². The molecule has 0 radical (unpaired) electrons. The molecular weight excluding hydrogens is 360 g/mol. The highest BCUT2D eigenvalue weighted by Gasteiger charge is 2.36. The molecule has 2 nitrogen and oxygen atoms in total.